The first-order valence-corrected chi connectivity index (χ1v) is 5.93. The van der Waals surface area contributed by atoms with Crippen molar-refractivity contribution < 1.29 is 9.47 Å². The third kappa shape index (κ3) is 2.60. The van der Waals surface area contributed by atoms with Crippen LogP contribution in [-0.2, 0) is 0 Å². The summed E-state index contributed by atoms with van der Waals surface area (Å²) in [5.41, 5.74) is -0.0528. The van der Waals surface area contributed by atoms with Crippen molar-refractivity contribution in [3.05, 3.63) is 6.20 Å². The van der Waals surface area contributed by atoms with Crippen LogP contribution < -0.4 is 14.8 Å². The minimum atomic E-state index is -0.0528. The average molecular weight is 228 g/mol. The van der Waals surface area contributed by atoms with Crippen LogP contribution in [0.15, 0.2) is 6.20 Å². The number of rotatable bonds is 3. The lowest BCUT2D eigenvalue weighted by Crippen LogP contribution is -2.43. The summed E-state index contributed by atoms with van der Waals surface area (Å²) in [6.07, 6.45) is 3.80. The van der Waals surface area contributed by atoms with Crippen molar-refractivity contribution >= 4 is 11.3 Å². The van der Waals surface area contributed by atoms with Gasteiger partial charge < -0.3 is 14.8 Å². The second-order valence-electron chi connectivity index (χ2n) is 3.95. The first kappa shape index (κ1) is 10.7. The normalized spacial score (nSPS) is 19.9. The molecule has 1 aliphatic heterocycles. The summed E-state index contributed by atoms with van der Waals surface area (Å²) < 4.78 is 11.0. The van der Waals surface area contributed by atoms with E-state index in [1.165, 1.54) is 11.3 Å². The number of hydrogen-bond donors (Lipinski definition) is 1. The number of thiazole rings is 1. The number of methoxy groups -OCH3 is 1. The van der Waals surface area contributed by atoms with Crippen molar-refractivity contribution in [3.8, 4) is 10.3 Å². The SMILES string of the molecule is COc1ncc(OC2(C)CCNCC2)s1. The van der Waals surface area contributed by atoms with Gasteiger partial charge >= 0.3 is 0 Å². The summed E-state index contributed by atoms with van der Waals surface area (Å²) >= 11 is 1.45. The maximum absolute atomic E-state index is 5.96. The van der Waals surface area contributed by atoms with E-state index in [0.29, 0.717) is 5.19 Å². The van der Waals surface area contributed by atoms with Gasteiger partial charge in [-0.2, -0.15) is 0 Å². The molecule has 1 fully saturated rings. The summed E-state index contributed by atoms with van der Waals surface area (Å²) in [7, 11) is 1.62. The molecule has 0 unspecified atom stereocenters. The Balaban J connectivity index is 2.00. The fourth-order valence-corrected chi connectivity index (χ4v) is 2.40. The van der Waals surface area contributed by atoms with Crippen LogP contribution in [0.2, 0.25) is 0 Å². The molecule has 0 bridgehead atoms. The van der Waals surface area contributed by atoms with E-state index in [9.17, 15) is 0 Å². The molecule has 0 radical (unpaired) electrons. The van der Waals surface area contributed by atoms with Crippen molar-refractivity contribution in [2.75, 3.05) is 20.2 Å². The van der Waals surface area contributed by atoms with E-state index in [1.807, 2.05) is 0 Å². The van der Waals surface area contributed by atoms with E-state index in [0.717, 1.165) is 31.0 Å². The minimum absolute atomic E-state index is 0.0528. The number of ether oxygens (including phenoxy) is 2. The van der Waals surface area contributed by atoms with Gasteiger partial charge in [0.1, 0.15) is 5.60 Å². The lowest BCUT2D eigenvalue weighted by atomic mass is 9.95. The van der Waals surface area contributed by atoms with Gasteiger partial charge in [0.05, 0.1) is 13.3 Å². The molecule has 84 valence electrons. The van der Waals surface area contributed by atoms with Crippen LogP contribution in [0.25, 0.3) is 0 Å². The maximum Gasteiger partial charge on any atom is 0.276 e. The fourth-order valence-electron chi connectivity index (χ4n) is 1.69. The highest BCUT2D eigenvalue weighted by atomic mass is 32.1. The second-order valence-corrected chi connectivity index (χ2v) is 4.91. The van der Waals surface area contributed by atoms with E-state index in [1.54, 1.807) is 13.3 Å². The van der Waals surface area contributed by atoms with E-state index in [2.05, 4.69) is 17.2 Å². The van der Waals surface area contributed by atoms with Gasteiger partial charge in [-0.15, -0.1) is 0 Å². The molecular weight excluding hydrogens is 212 g/mol. The predicted octanol–water partition coefficient (Wildman–Crippen LogP) is 1.67. The smallest absolute Gasteiger partial charge is 0.276 e. The van der Waals surface area contributed by atoms with Gasteiger partial charge in [0.2, 0.25) is 0 Å². The summed E-state index contributed by atoms with van der Waals surface area (Å²) in [6.45, 7) is 4.19. The first-order chi connectivity index (χ1) is 7.22. The zero-order valence-corrected chi connectivity index (χ0v) is 9.89. The molecule has 1 aromatic heterocycles. The number of nitrogens with zero attached hydrogens (tertiary/aromatic N) is 1. The molecule has 0 aromatic carbocycles. The fraction of sp³-hybridized carbons (Fsp3) is 0.700. The summed E-state index contributed by atoms with van der Waals surface area (Å²) in [4.78, 5) is 4.09. The number of piperidine rings is 1. The lowest BCUT2D eigenvalue weighted by Gasteiger charge is -2.33. The molecule has 5 heteroatoms. The van der Waals surface area contributed by atoms with Crippen molar-refractivity contribution in [3.63, 3.8) is 0 Å². The molecule has 0 aliphatic carbocycles. The van der Waals surface area contributed by atoms with Gasteiger partial charge in [0.15, 0.2) is 5.06 Å². The molecule has 1 aromatic rings. The molecule has 2 rings (SSSR count). The van der Waals surface area contributed by atoms with Crippen LogP contribution in [0.1, 0.15) is 19.8 Å². The topological polar surface area (TPSA) is 43.4 Å². The van der Waals surface area contributed by atoms with Crippen LogP contribution in [-0.4, -0.2) is 30.8 Å². The molecule has 0 atom stereocenters. The maximum atomic E-state index is 5.96. The van der Waals surface area contributed by atoms with Crippen LogP contribution in [0, 0.1) is 0 Å². The van der Waals surface area contributed by atoms with Crippen LogP contribution in [0.4, 0.5) is 0 Å². The Labute approximate surface area is 93.6 Å². The van der Waals surface area contributed by atoms with Crippen molar-refractivity contribution in [1.29, 1.82) is 0 Å². The average Bonchev–Trinajstić information content (AvgIpc) is 2.66. The van der Waals surface area contributed by atoms with Gasteiger partial charge in [-0.3, -0.25) is 0 Å². The van der Waals surface area contributed by atoms with Crippen LogP contribution >= 0.6 is 11.3 Å². The highest BCUT2D eigenvalue weighted by Gasteiger charge is 2.29. The van der Waals surface area contributed by atoms with Crippen LogP contribution in [0.5, 0.6) is 10.3 Å². The quantitative estimate of drug-likeness (QED) is 0.854. The minimum Gasteiger partial charge on any atom is -0.476 e. The third-order valence-corrected chi connectivity index (χ3v) is 3.48. The molecule has 1 saturated heterocycles. The van der Waals surface area contributed by atoms with Gasteiger partial charge in [0.25, 0.3) is 5.19 Å². The first-order valence-electron chi connectivity index (χ1n) is 5.11. The number of hydrogen-bond acceptors (Lipinski definition) is 5. The zero-order valence-electron chi connectivity index (χ0n) is 9.08. The van der Waals surface area contributed by atoms with Gasteiger partial charge in [-0.1, -0.05) is 0 Å². The Morgan fingerprint density at radius 1 is 1.47 bits per heavy atom. The molecule has 0 spiro atoms. The summed E-state index contributed by atoms with van der Waals surface area (Å²) in [5, 5.41) is 4.82. The largest absolute Gasteiger partial charge is 0.476 e. The second kappa shape index (κ2) is 4.37. The standard InChI is InChI=1S/C10H16N2O2S/c1-10(3-5-11-6-4-10)14-8-7-12-9(13-2)15-8/h7,11H,3-6H2,1-2H3. The highest BCUT2D eigenvalue weighted by Crippen LogP contribution is 2.32. The molecule has 4 nitrogen and oxygen atoms in total. The molecule has 0 saturated carbocycles. The van der Waals surface area contributed by atoms with Crippen molar-refractivity contribution in [2.24, 2.45) is 0 Å². The van der Waals surface area contributed by atoms with E-state index >= 15 is 0 Å². The zero-order chi connectivity index (χ0) is 10.7. The van der Waals surface area contributed by atoms with E-state index < -0.39 is 0 Å². The molecule has 1 N–H and O–H groups in total. The Kier molecular flexibility index (Phi) is 3.11. The van der Waals surface area contributed by atoms with Gasteiger partial charge in [0, 0.05) is 0 Å². The molecule has 0 amide bonds. The van der Waals surface area contributed by atoms with Gasteiger partial charge in [-0.05, 0) is 44.2 Å². The summed E-state index contributed by atoms with van der Waals surface area (Å²) in [5.74, 6) is 0. The van der Waals surface area contributed by atoms with E-state index in [4.69, 9.17) is 9.47 Å². The molecule has 1 aliphatic rings. The molecule has 15 heavy (non-hydrogen) atoms. The number of aromatic nitrogens is 1. The van der Waals surface area contributed by atoms with E-state index in [-0.39, 0.29) is 5.60 Å². The molecule has 2 heterocycles. The van der Waals surface area contributed by atoms with Crippen molar-refractivity contribution in [1.82, 2.24) is 10.3 Å². The van der Waals surface area contributed by atoms with Crippen molar-refractivity contribution in [2.45, 2.75) is 25.4 Å². The van der Waals surface area contributed by atoms with Gasteiger partial charge in [-0.25, -0.2) is 4.98 Å². The summed E-state index contributed by atoms with van der Waals surface area (Å²) in [6, 6.07) is 0. The third-order valence-electron chi connectivity index (χ3n) is 2.65. The Bertz CT molecular complexity index is 321. The Hall–Kier alpha value is -0.810. The Morgan fingerprint density at radius 3 is 2.80 bits per heavy atom. The monoisotopic (exact) mass is 228 g/mol. The highest BCUT2D eigenvalue weighted by molar-refractivity contribution is 7.15. The lowest BCUT2D eigenvalue weighted by molar-refractivity contribution is 0.0594. The number of nitrogens with one attached hydrogen (secondary N) is 1. The van der Waals surface area contributed by atoms with Crippen LogP contribution in [0.3, 0.4) is 0 Å². The Morgan fingerprint density at radius 2 is 2.20 bits per heavy atom. The predicted molar refractivity (Wildman–Crippen MR) is 59.8 cm³/mol. The molecular formula is C10H16N2O2S.